The maximum absolute atomic E-state index is 9.42. The van der Waals surface area contributed by atoms with Gasteiger partial charge < -0.3 is 5.11 Å². The van der Waals surface area contributed by atoms with E-state index in [1.165, 1.54) is 88.2 Å². The number of benzene rings is 1. The van der Waals surface area contributed by atoms with Crippen molar-refractivity contribution in [1.82, 2.24) is 4.90 Å². The molecule has 28 heavy (non-hydrogen) atoms. The maximum Gasteiger partial charge on any atom is 0.0586 e. The maximum atomic E-state index is 9.42. The van der Waals surface area contributed by atoms with Gasteiger partial charge in [-0.15, -0.1) is 12.4 Å². The van der Waals surface area contributed by atoms with Gasteiger partial charge in [0.1, 0.15) is 0 Å². The summed E-state index contributed by atoms with van der Waals surface area (Å²) in [6.45, 7) is 4.85. The summed E-state index contributed by atoms with van der Waals surface area (Å²) < 4.78 is 0. The summed E-state index contributed by atoms with van der Waals surface area (Å²) in [4.78, 5) is 2.46. The Balaban J connectivity index is 0.00000392. The van der Waals surface area contributed by atoms with Crippen molar-refractivity contribution in [2.45, 2.75) is 103 Å². The molecule has 0 aromatic heterocycles. The van der Waals surface area contributed by atoms with E-state index in [0.29, 0.717) is 12.6 Å². The van der Waals surface area contributed by atoms with Crippen LogP contribution in [0.3, 0.4) is 0 Å². The molecule has 0 radical (unpaired) electrons. The third-order valence-electron chi connectivity index (χ3n) is 6.24. The summed E-state index contributed by atoms with van der Waals surface area (Å²) in [5, 5.41) is 9.42. The fourth-order valence-electron chi connectivity index (χ4n) is 4.36. The second kappa shape index (κ2) is 16.3. The van der Waals surface area contributed by atoms with Crippen molar-refractivity contribution >= 4 is 12.4 Å². The van der Waals surface area contributed by atoms with Gasteiger partial charge in [-0.3, -0.25) is 4.90 Å². The lowest BCUT2D eigenvalue weighted by Crippen LogP contribution is -2.33. The first-order valence-corrected chi connectivity index (χ1v) is 11.8. The molecule has 0 spiro atoms. The van der Waals surface area contributed by atoms with Crippen LogP contribution in [0.1, 0.15) is 95.1 Å². The van der Waals surface area contributed by atoms with Gasteiger partial charge in [-0.2, -0.15) is 0 Å². The minimum Gasteiger partial charge on any atom is -0.395 e. The zero-order valence-corrected chi connectivity index (χ0v) is 19.0. The Bertz CT molecular complexity index is 476. The predicted molar refractivity (Wildman–Crippen MR) is 125 cm³/mol. The van der Waals surface area contributed by atoms with Crippen LogP contribution in [-0.2, 0) is 12.8 Å². The van der Waals surface area contributed by atoms with Crippen molar-refractivity contribution < 1.29 is 5.11 Å². The van der Waals surface area contributed by atoms with E-state index in [9.17, 15) is 5.11 Å². The van der Waals surface area contributed by atoms with E-state index < -0.39 is 0 Å². The van der Waals surface area contributed by atoms with E-state index in [1.807, 2.05) is 0 Å². The van der Waals surface area contributed by atoms with Gasteiger partial charge in [0, 0.05) is 12.6 Å². The molecule has 1 aromatic rings. The molecule has 2 nitrogen and oxygen atoms in total. The molecule has 1 atom stereocenters. The Morgan fingerprint density at radius 2 is 1.36 bits per heavy atom. The topological polar surface area (TPSA) is 23.5 Å². The first-order chi connectivity index (χ1) is 13.3. The summed E-state index contributed by atoms with van der Waals surface area (Å²) in [5.41, 5.74) is 2.93. The Morgan fingerprint density at radius 1 is 0.821 bits per heavy atom. The number of hydrogen-bond donors (Lipinski definition) is 1. The first kappa shape index (κ1) is 25.5. The molecule has 0 bridgehead atoms. The van der Waals surface area contributed by atoms with E-state index in [0.717, 1.165) is 25.9 Å². The van der Waals surface area contributed by atoms with Crippen LogP contribution in [0, 0.1) is 0 Å². The van der Waals surface area contributed by atoms with E-state index in [1.54, 1.807) is 0 Å². The number of hydrogen-bond acceptors (Lipinski definition) is 2. The van der Waals surface area contributed by atoms with E-state index in [4.69, 9.17) is 0 Å². The van der Waals surface area contributed by atoms with Crippen LogP contribution in [0.15, 0.2) is 24.3 Å². The highest BCUT2D eigenvalue weighted by atomic mass is 35.5. The zero-order valence-electron chi connectivity index (χ0n) is 18.2. The molecule has 1 N–H and O–H groups in total. The van der Waals surface area contributed by atoms with E-state index in [-0.39, 0.29) is 12.4 Å². The largest absolute Gasteiger partial charge is 0.395 e. The third kappa shape index (κ3) is 10.3. The molecule has 0 aliphatic carbocycles. The number of halogens is 1. The monoisotopic (exact) mass is 409 g/mol. The van der Waals surface area contributed by atoms with Gasteiger partial charge in [0.15, 0.2) is 0 Å². The van der Waals surface area contributed by atoms with Crippen LogP contribution >= 0.6 is 12.4 Å². The fraction of sp³-hybridized carbons (Fsp3) is 0.760. The number of likely N-dealkylation sites (tertiary alicyclic amines) is 1. The zero-order chi connectivity index (χ0) is 19.2. The molecule has 0 unspecified atom stereocenters. The number of unbranched alkanes of at least 4 members (excludes halogenated alkanes) is 9. The second-order valence-electron chi connectivity index (χ2n) is 8.51. The van der Waals surface area contributed by atoms with Crippen molar-refractivity contribution in [3.05, 3.63) is 35.4 Å². The Morgan fingerprint density at radius 3 is 1.93 bits per heavy atom. The van der Waals surface area contributed by atoms with Crippen molar-refractivity contribution in [2.24, 2.45) is 0 Å². The summed E-state index contributed by atoms with van der Waals surface area (Å²) in [6.07, 6.45) is 18.8. The smallest absolute Gasteiger partial charge is 0.0586 e. The third-order valence-corrected chi connectivity index (χ3v) is 6.24. The average Bonchev–Trinajstić information content (AvgIpc) is 3.16. The normalized spacial score (nSPS) is 17.0. The molecule has 0 saturated carbocycles. The van der Waals surface area contributed by atoms with E-state index in [2.05, 4.69) is 36.1 Å². The molecule has 1 saturated heterocycles. The molecular weight excluding hydrogens is 366 g/mol. The number of aryl methyl sites for hydroxylation is 1. The van der Waals surface area contributed by atoms with Crippen molar-refractivity contribution in [3.63, 3.8) is 0 Å². The van der Waals surface area contributed by atoms with Crippen molar-refractivity contribution in [2.75, 3.05) is 19.7 Å². The second-order valence-corrected chi connectivity index (χ2v) is 8.51. The summed E-state index contributed by atoms with van der Waals surface area (Å²) in [7, 11) is 0. The highest BCUT2D eigenvalue weighted by Gasteiger charge is 2.22. The first-order valence-electron chi connectivity index (χ1n) is 11.8. The molecule has 3 heteroatoms. The summed E-state index contributed by atoms with van der Waals surface area (Å²) >= 11 is 0. The van der Waals surface area contributed by atoms with Crippen LogP contribution in [-0.4, -0.2) is 35.7 Å². The minimum atomic E-state index is 0. The minimum absolute atomic E-state index is 0. The Kier molecular flexibility index (Phi) is 14.8. The van der Waals surface area contributed by atoms with Crippen LogP contribution < -0.4 is 0 Å². The molecule has 1 aliphatic heterocycles. The van der Waals surface area contributed by atoms with Gasteiger partial charge in [0.2, 0.25) is 0 Å². The van der Waals surface area contributed by atoms with Gasteiger partial charge >= 0.3 is 0 Å². The van der Waals surface area contributed by atoms with E-state index >= 15 is 0 Å². The Labute approximate surface area is 180 Å². The van der Waals surface area contributed by atoms with Gasteiger partial charge in [0.05, 0.1) is 6.61 Å². The van der Waals surface area contributed by atoms with Gasteiger partial charge in [0.25, 0.3) is 0 Å². The lowest BCUT2D eigenvalue weighted by atomic mass is 10.0. The SMILES string of the molecule is CCCCCCCCCCCCc1ccc(CCN2CCC[C@@H]2CO)cc1.Cl. The quantitative estimate of drug-likeness (QED) is 0.331. The van der Waals surface area contributed by atoms with Crippen molar-refractivity contribution in [3.8, 4) is 0 Å². The Hall–Kier alpha value is -0.570. The number of aliphatic hydroxyl groups excluding tert-OH is 1. The number of aliphatic hydroxyl groups is 1. The lowest BCUT2D eigenvalue weighted by molar-refractivity contribution is 0.160. The number of nitrogens with zero attached hydrogens (tertiary/aromatic N) is 1. The van der Waals surface area contributed by atoms with Crippen LogP contribution in [0.5, 0.6) is 0 Å². The standard InChI is InChI=1S/C25H43NO.ClH/c1-2-3-4-5-6-7-8-9-10-11-13-23-15-17-24(18-16-23)19-21-26-20-12-14-25(26)22-27;/h15-18,25,27H,2-14,19-22H2,1H3;1H/t25-;/m1./s1. The van der Waals surface area contributed by atoms with Crippen LogP contribution in [0.25, 0.3) is 0 Å². The molecule has 0 amide bonds. The summed E-state index contributed by atoms with van der Waals surface area (Å²) in [5.74, 6) is 0. The van der Waals surface area contributed by atoms with Gasteiger partial charge in [-0.25, -0.2) is 0 Å². The van der Waals surface area contributed by atoms with Crippen LogP contribution in [0.2, 0.25) is 0 Å². The van der Waals surface area contributed by atoms with Crippen molar-refractivity contribution in [1.29, 1.82) is 0 Å². The molecule has 1 aliphatic rings. The molecule has 162 valence electrons. The predicted octanol–water partition coefficient (Wildman–Crippen LogP) is 6.57. The molecular formula is C25H44ClNO. The highest BCUT2D eigenvalue weighted by Crippen LogP contribution is 2.18. The average molecular weight is 410 g/mol. The molecule has 1 fully saturated rings. The van der Waals surface area contributed by atoms with Gasteiger partial charge in [-0.1, -0.05) is 89.0 Å². The number of rotatable bonds is 15. The molecule has 1 aromatic carbocycles. The van der Waals surface area contributed by atoms with Gasteiger partial charge in [-0.05, 0) is 49.8 Å². The lowest BCUT2D eigenvalue weighted by Gasteiger charge is -2.22. The fourth-order valence-corrected chi connectivity index (χ4v) is 4.36. The van der Waals surface area contributed by atoms with Crippen LogP contribution in [0.4, 0.5) is 0 Å². The molecule has 1 heterocycles. The summed E-state index contributed by atoms with van der Waals surface area (Å²) in [6, 6.07) is 9.69. The molecule has 2 rings (SSSR count). The highest BCUT2D eigenvalue weighted by molar-refractivity contribution is 5.85.